The molecule has 0 spiro atoms. The number of carbonyl (C=O) groups is 1. The summed E-state index contributed by atoms with van der Waals surface area (Å²) in [7, 11) is 0. The van der Waals surface area contributed by atoms with E-state index >= 15 is 0 Å². The van der Waals surface area contributed by atoms with E-state index in [-0.39, 0.29) is 11.4 Å². The third-order valence-corrected chi connectivity index (χ3v) is 4.91. The molecule has 27 heavy (non-hydrogen) atoms. The number of urea groups is 1. The van der Waals surface area contributed by atoms with Crippen molar-refractivity contribution < 1.29 is 9.21 Å². The normalized spacial score (nSPS) is 18.3. The van der Waals surface area contributed by atoms with Crippen LogP contribution in [0.4, 0.5) is 10.5 Å². The van der Waals surface area contributed by atoms with Crippen LogP contribution in [0.25, 0.3) is 0 Å². The Morgan fingerprint density at radius 2 is 2.04 bits per heavy atom. The van der Waals surface area contributed by atoms with Crippen molar-refractivity contribution in [2.75, 3.05) is 18.4 Å². The fourth-order valence-electron chi connectivity index (χ4n) is 3.31. The number of nitrogens with zero attached hydrogens (tertiary/aromatic N) is 2. The first-order valence-corrected chi connectivity index (χ1v) is 9.71. The van der Waals surface area contributed by atoms with Gasteiger partial charge < -0.3 is 15.1 Å². The number of nitrogens with one attached hydrogen (secondary N) is 2. The number of amides is 2. The van der Waals surface area contributed by atoms with Crippen LogP contribution >= 0.6 is 0 Å². The molecule has 0 bridgehead atoms. The summed E-state index contributed by atoms with van der Waals surface area (Å²) in [5, 5.41) is 5.87. The number of aromatic nitrogens is 1. The average molecular weight is 370 g/mol. The minimum atomic E-state index is -0.169. The van der Waals surface area contributed by atoms with Gasteiger partial charge in [-0.15, -0.1) is 0 Å². The second kappa shape index (κ2) is 8.57. The molecule has 146 valence electrons. The molecule has 0 radical (unpaired) electrons. The van der Waals surface area contributed by atoms with Gasteiger partial charge in [0, 0.05) is 23.7 Å². The van der Waals surface area contributed by atoms with Gasteiger partial charge in [-0.2, -0.15) is 0 Å². The lowest BCUT2D eigenvalue weighted by atomic mass is 9.94. The van der Waals surface area contributed by atoms with Crippen LogP contribution in [0.2, 0.25) is 0 Å². The third kappa shape index (κ3) is 5.57. The highest BCUT2D eigenvalue weighted by Gasteiger charge is 2.25. The highest BCUT2D eigenvalue weighted by atomic mass is 16.4. The van der Waals surface area contributed by atoms with Crippen molar-refractivity contribution in [3.8, 4) is 0 Å². The summed E-state index contributed by atoms with van der Waals surface area (Å²) in [6.45, 7) is 8.66. The number of carbonyl (C=O) groups excluding carboxylic acids is 1. The van der Waals surface area contributed by atoms with Crippen molar-refractivity contribution in [3.05, 3.63) is 48.2 Å². The van der Waals surface area contributed by atoms with Crippen LogP contribution in [0.1, 0.15) is 51.7 Å². The quantitative estimate of drug-likeness (QED) is 0.829. The van der Waals surface area contributed by atoms with Crippen LogP contribution in [0, 0.1) is 0 Å². The van der Waals surface area contributed by atoms with Crippen molar-refractivity contribution in [1.82, 2.24) is 15.2 Å². The molecule has 2 amide bonds. The molecule has 6 heteroatoms. The lowest BCUT2D eigenvalue weighted by Gasteiger charge is -2.34. The summed E-state index contributed by atoms with van der Waals surface area (Å²) in [6.07, 6.45) is 5.25. The van der Waals surface area contributed by atoms with Gasteiger partial charge in [-0.05, 0) is 31.5 Å². The smallest absolute Gasteiger partial charge is 0.319 e. The topological polar surface area (TPSA) is 70.4 Å². The van der Waals surface area contributed by atoms with E-state index < -0.39 is 0 Å². The van der Waals surface area contributed by atoms with Crippen LogP contribution in [0.5, 0.6) is 0 Å². The summed E-state index contributed by atoms with van der Waals surface area (Å²) in [6, 6.07) is 9.62. The highest BCUT2D eigenvalue weighted by molar-refractivity contribution is 5.89. The largest absolute Gasteiger partial charge is 0.444 e. The third-order valence-electron chi connectivity index (χ3n) is 4.91. The first-order chi connectivity index (χ1) is 12.9. The number of hydrogen-bond acceptors (Lipinski definition) is 4. The van der Waals surface area contributed by atoms with Crippen LogP contribution in [0.3, 0.4) is 0 Å². The minimum Gasteiger partial charge on any atom is -0.444 e. The Morgan fingerprint density at radius 3 is 2.74 bits per heavy atom. The zero-order valence-electron chi connectivity index (χ0n) is 16.5. The Hall–Kier alpha value is -2.34. The molecule has 0 saturated carbocycles. The number of likely N-dealkylation sites (tertiary alicyclic amines) is 1. The molecule has 1 unspecified atom stereocenters. The molecular weight excluding hydrogens is 340 g/mol. The van der Waals surface area contributed by atoms with E-state index in [1.807, 2.05) is 36.5 Å². The fraction of sp³-hybridized carbons (Fsp3) is 0.524. The van der Waals surface area contributed by atoms with E-state index in [2.05, 4.69) is 41.3 Å². The van der Waals surface area contributed by atoms with Crippen molar-refractivity contribution in [3.63, 3.8) is 0 Å². The first kappa shape index (κ1) is 19.4. The molecule has 2 N–H and O–H groups in total. The van der Waals surface area contributed by atoms with Gasteiger partial charge in [0.15, 0.2) is 0 Å². The van der Waals surface area contributed by atoms with E-state index in [1.165, 1.54) is 12.8 Å². The maximum absolute atomic E-state index is 12.2. The highest BCUT2D eigenvalue weighted by Crippen LogP contribution is 2.24. The van der Waals surface area contributed by atoms with Gasteiger partial charge >= 0.3 is 6.03 Å². The Morgan fingerprint density at radius 1 is 1.26 bits per heavy atom. The Kier molecular flexibility index (Phi) is 6.16. The molecule has 1 aromatic carbocycles. The predicted octanol–water partition coefficient (Wildman–Crippen LogP) is 4.15. The van der Waals surface area contributed by atoms with Gasteiger partial charge in [0.05, 0.1) is 12.7 Å². The summed E-state index contributed by atoms with van der Waals surface area (Å²) >= 11 is 0. The molecule has 3 rings (SSSR count). The number of oxazole rings is 1. The zero-order valence-corrected chi connectivity index (χ0v) is 16.5. The maximum Gasteiger partial charge on any atom is 0.319 e. The van der Waals surface area contributed by atoms with Gasteiger partial charge in [0.2, 0.25) is 5.89 Å². The molecule has 1 saturated heterocycles. The number of rotatable bonds is 5. The van der Waals surface area contributed by atoms with Crippen molar-refractivity contribution in [2.24, 2.45) is 0 Å². The molecule has 1 atom stereocenters. The molecule has 0 aliphatic carbocycles. The number of benzene rings is 1. The van der Waals surface area contributed by atoms with E-state index in [4.69, 9.17) is 4.42 Å². The van der Waals surface area contributed by atoms with E-state index in [0.29, 0.717) is 19.1 Å². The van der Waals surface area contributed by atoms with Gasteiger partial charge in [-0.1, -0.05) is 45.4 Å². The van der Waals surface area contributed by atoms with Gasteiger partial charge in [0.1, 0.15) is 5.76 Å². The lowest BCUT2D eigenvalue weighted by Crippen LogP contribution is -2.47. The monoisotopic (exact) mass is 370 g/mol. The summed E-state index contributed by atoms with van der Waals surface area (Å²) < 4.78 is 5.95. The minimum absolute atomic E-state index is 0.0381. The number of hydrogen-bond donors (Lipinski definition) is 2. The van der Waals surface area contributed by atoms with Crippen molar-refractivity contribution >= 4 is 11.7 Å². The zero-order chi connectivity index (χ0) is 19.3. The molecule has 2 heterocycles. The fourth-order valence-corrected chi connectivity index (χ4v) is 3.31. The van der Waals surface area contributed by atoms with Crippen LogP contribution < -0.4 is 10.6 Å². The van der Waals surface area contributed by atoms with Gasteiger partial charge in [-0.3, -0.25) is 4.90 Å². The average Bonchev–Trinajstić information content (AvgIpc) is 3.11. The Bertz CT molecular complexity index is 736. The van der Waals surface area contributed by atoms with Gasteiger partial charge in [-0.25, -0.2) is 9.78 Å². The number of para-hydroxylation sites is 1. The van der Waals surface area contributed by atoms with E-state index in [9.17, 15) is 4.79 Å². The molecule has 6 nitrogen and oxygen atoms in total. The molecule has 2 aromatic rings. The standard InChI is InChI=1S/C21H30N4O2/c1-21(2,3)18-14-22-19(27-18)15-25-12-8-7-11-17(25)13-23-20(26)24-16-9-5-4-6-10-16/h4-6,9-10,14,17H,7-8,11-13,15H2,1-3H3,(H2,23,24,26). The summed E-state index contributed by atoms with van der Waals surface area (Å²) in [5.41, 5.74) is 0.758. The van der Waals surface area contributed by atoms with E-state index in [1.54, 1.807) is 0 Å². The second-order valence-electron chi connectivity index (χ2n) is 8.19. The molecule has 1 fully saturated rings. The van der Waals surface area contributed by atoms with Crippen molar-refractivity contribution in [2.45, 2.75) is 58.0 Å². The Labute approximate surface area is 161 Å². The molecule has 1 aliphatic rings. The molecule has 1 aliphatic heterocycles. The predicted molar refractivity (Wildman–Crippen MR) is 107 cm³/mol. The maximum atomic E-state index is 12.2. The van der Waals surface area contributed by atoms with Gasteiger partial charge in [0.25, 0.3) is 0 Å². The molecule has 1 aromatic heterocycles. The van der Waals surface area contributed by atoms with Crippen LogP contribution in [-0.4, -0.2) is 35.0 Å². The van der Waals surface area contributed by atoms with Crippen molar-refractivity contribution in [1.29, 1.82) is 0 Å². The van der Waals surface area contributed by atoms with Crippen LogP contribution in [-0.2, 0) is 12.0 Å². The lowest BCUT2D eigenvalue weighted by molar-refractivity contribution is 0.125. The SMILES string of the molecule is CC(C)(C)c1cnc(CN2CCCCC2CNC(=O)Nc2ccccc2)o1. The summed E-state index contributed by atoms with van der Waals surface area (Å²) in [4.78, 5) is 19.0. The number of anilines is 1. The Balaban J connectivity index is 1.54. The second-order valence-corrected chi connectivity index (χ2v) is 8.19. The summed E-state index contributed by atoms with van der Waals surface area (Å²) in [5.74, 6) is 1.66. The molecular formula is C21H30N4O2. The number of piperidine rings is 1. The van der Waals surface area contributed by atoms with Crippen LogP contribution in [0.15, 0.2) is 40.9 Å². The first-order valence-electron chi connectivity index (χ1n) is 9.71. The van der Waals surface area contributed by atoms with E-state index in [0.717, 1.165) is 30.3 Å².